The molecule has 3 rings (SSSR count). The van der Waals surface area contributed by atoms with Crippen molar-refractivity contribution in [2.75, 3.05) is 32.7 Å². The first-order chi connectivity index (χ1) is 13.0. The van der Waals surface area contributed by atoms with Crippen molar-refractivity contribution in [1.29, 1.82) is 0 Å². The predicted molar refractivity (Wildman–Crippen MR) is 115 cm³/mol. The highest BCUT2D eigenvalue weighted by atomic mass is 35.5. The summed E-state index contributed by atoms with van der Waals surface area (Å²) in [6.07, 6.45) is 7.88. The van der Waals surface area contributed by atoms with E-state index in [0.717, 1.165) is 58.3 Å². The maximum atomic E-state index is 12.5. The Hall–Kier alpha value is -0.850. The molecule has 1 aliphatic carbocycles. The molecule has 0 radical (unpaired) electrons. The molecular formula is C21H39ClN4O2. The van der Waals surface area contributed by atoms with Gasteiger partial charge in [0.1, 0.15) is 0 Å². The van der Waals surface area contributed by atoms with Crippen LogP contribution in [0.2, 0.25) is 0 Å². The standard InChI is InChI=1S/C21H38N4O2.ClH/c1-15-6-3-8-18(16(15)2)24-20(26)14-25-11-5-7-17(13-25)12-23-21(27)19-9-4-10-22-19;/h15-19,22H,3-14H2,1-2H3,(H,23,27)(H,24,26);1H. The number of hydrogen-bond donors (Lipinski definition) is 3. The van der Waals surface area contributed by atoms with E-state index in [4.69, 9.17) is 0 Å². The highest BCUT2D eigenvalue weighted by molar-refractivity contribution is 5.85. The van der Waals surface area contributed by atoms with E-state index in [1.165, 1.54) is 12.8 Å². The average molecular weight is 415 g/mol. The molecule has 0 aromatic carbocycles. The lowest BCUT2D eigenvalue weighted by Gasteiger charge is -2.36. The van der Waals surface area contributed by atoms with Crippen molar-refractivity contribution in [3.8, 4) is 0 Å². The van der Waals surface area contributed by atoms with Gasteiger partial charge in [0.25, 0.3) is 0 Å². The van der Waals surface area contributed by atoms with E-state index in [9.17, 15) is 9.59 Å². The molecule has 5 unspecified atom stereocenters. The Morgan fingerprint density at radius 3 is 2.64 bits per heavy atom. The van der Waals surface area contributed by atoms with Crippen molar-refractivity contribution in [1.82, 2.24) is 20.9 Å². The lowest BCUT2D eigenvalue weighted by atomic mass is 9.78. The quantitative estimate of drug-likeness (QED) is 0.620. The number of nitrogens with one attached hydrogen (secondary N) is 3. The van der Waals surface area contributed by atoms with Crippen LogP contribution in [0.25, 0.3) is 0 Å². The van der Waals surface area contributed by atoms with Crippen molar-refractivity contribution in [2.45, 2.75) is 70.9 Å². The molecule has 7 heteroatoms. The molecule has 0 aromatic rings. The summed E-state index contributed by atoms with van der Waals surface area (Å²) in [4.78, 5) is 27.0. The first-order valence-electron chi connectivity index (χ1n) is 11.1. The minimum Gasteiger partial charge on any atom is -0.354 e. The second-order valence-corrected chi connectivity index (χ2v) is 9.08. The molecule has 28 heavy (non-hydrogen) atoms. The van der Waals surface area contributed by atoms with Gasteiger partial charge in [0.15, 0.2) is 0 Å². The van der Waals surface area contributed by atoms with Crippen molar-refractivity contribution < 1.29 is 9.59 Å². The van der Waals surface area contributed by atoms with Crippen LogP contribution in [0.5, 0.6) is 0 Å². The molecule has 2 amide bonds. The molecule has 2 heterocycles. The van der Waals surface area contributed by atoms with E-state index in [0.29, 0.717) is 30.3 Å². The van der Waals surface area contributed by atoms with Gasteiger partial charge >= 0.3 is 0 Å². The molecular weight excluding hydrogens is 376 g/mol. The Labute approximate surface area is 176 Å². The number of amides is 2. The van der Waals surface area contributed by atoms with Crippen LogP contribution >= 0.6 is 12.4 Å². The Morgan fingerprint density at radius 1 is 1.07 bits per heavy atom. The fourth-order valence-electron chi connectivity index (χ4n) is 4.98. The molecule has 6 nitrogen and oxygen atoms in total. The lowest BCUT2D eigenvalue weighted by Crippen LogP contribution is -2.50. The van der Waals surface area contributed by atoms with E-state index < -0.39 is 0 Å². The second kappa shape index (κ2) is 11.4. The van der Waals surface area contributed by atoms with Gasteiger partial charge in [0, 0.05) is 19.1 Å². The highest BCUT2D eigenvalue weighted by Crippen LogP contribution is 2.29. The van der Waals surface area contributed by atoms with Crippen LogP contribution in [-0.4, -0.2) is 61.5 Å². The number of hydrogen-bond acceptors (Lipinski definition) is 4. The van der Waals surface area contributed by atoms with E-state index in [1.54, 1.807) is 0 Å². The summed E-state index contributed by atoms with van der Waals surface area (Å²) < 4.78 is 0. The van der Waals surface area contributed by atoms with Gasteiger partial charge in [-0.1, -0.05) is 26.7 Å². The Morgan fingerprint density at radius 2 is 1.89 bits per heavy atom. The molecule has 3 N–H and O–H groups in total. The van der Waals surface area contributed by atoms with E-state index >= 15 is 0 Å². The summed E-state index contributed by atoms with van der Waals surface area (Å²) in [6.45, 7) is 8.63. The van der Waals surface area contributed by atoms with Crippen molar-refractivity contribution in [3.05, 3.63) is 0 Å². The number of likely N-dealkylation sites (tertiary alicyclic amines) is 1. The van der Waals surface area contributed by atoms with E-state index in [2.05, 4.69) is 34.7 Å². The second-order valence-electron chi connectivity index (χ2n) is 9.08. The molecule has 162 valence electrons. The normalized spacial score (nSPS) is 33.7. The lowest BCUT2D eigenvalue weighted by molar-refractivity contribution is -0.125. The SMILES string of the molecule is CC1CCCC(NC(=O)CN2CCCC(CNC(=O)C3CCCN3)C2)C1C.Cl. The summed E-state index contributed by atoms with van der Waals surface area (Å²) in [5.74, 6) is 2.02. The third-order valence-electron chi connectivity index (χ3n) is 6.97. The number of halogens is 1. The molecule has 0 bridgehead atoms. The van der Waals surface area contributed by atoms with Crippen LogP contribution in [-0.2, 0) is 9.59 Å². The molecule has 5 atom stereocenters. The fraction of sp³-hybridized carbons (Fsp3) is 0.905. The summed E-state index contributed by atoms with van der Waals surface area (Å²) in [5.41, 5.74) is 0. The monoisotopic (exact) mass is 414 g/mol. The van der Waals surface area contributed by atoms with Gasteiger partial charge in [0.2, 0.25) is 11.8 Å². The third kappa shape index (κ3) is 6.60. The molecule has 2 aliphatic heterocycles. The summed E-state index contributed by atoms with van der Waals surface area (Å²) in [6, 6.07) is 0.329. The molecule has 1 saturated carbocycles. The van der Waals surface area contributed by atoms with Crippen LogP contribution in [0.4, 0.5) is 0 Å². The summed E-state index contributed by atoms with van der Waals surface area (Å²) in [7, 11) is 0. The zero-order chi connectivity index (χ0) is 19.2. The maximum absolute atomic E-state index is 12.5. The van der Waals surface area contributed by atoms with Crippen molar-refractivity contribution >= 4 is 24.2 Å². The Kier molecular flexibility index (Phi) is 9.51. The first kappa shape index (κ1) is 23.4. The average Bonchev–Trinajstić information content (AvgIpc) is 3.19. The Bertz CT molecular complexity index is 513. The zero-order valence-electron chi connectivity index (χ0n) is 17.5. The van der Waals surface area contributed by atoms with Gasteiger partial charge in [-0.05, 0) is 62.9 Å². The van der Waals surface area contributed by atoms with Crippen LogP contribution < -0.4 is 16.0 Å². The fourth-order valence-corrected chi connectivity index (χ4v) is 4.98. The number of carbonyl (C=O) groups is 2. The van der Waals surface area contributed by atoms with Crippen molar-refractivity contribution in [3.63, 3.8) is 0 Å². The maximum Gasteiger partial charge on any atom is 0.237 e. The minimum atomic E-state index is -0.00431. The number of nitrogens with zero attached hydrogens (tertiary/aromatic N) is 1. The van der Waals surface area contributed by atoms with Crippen LogP contribution in [0.15, 0.2) is 0 Å². The smallest absolute Gasteiger partial charge is 0.237 e. The number of piperidine rings is 1. The first-order valence-corrected chi connectivity index (χ1v) is 11.1. The molecule has 0 aromatic heterocycles. The van der Waals surface area contributed by atoms with Gasteiger partial charge in [-0.15, -0.1) is 12.4 Å². The molecule has 3 fully saturated rings. The predicted octanol–water partition coefficient (Wildman–Crippen LogP) is 1.93. The molecule has 2 saturated heterocycles. The molecule has 0 spiro atoms. The van der Waals surface area contributed by atoms with Gasteiger partial charge in [-0.2, -0.15) is 0 Å². The van der Waals surface area contributed by atoms with E-state index in [1.807, 2.05) is 0 Å². The van der Waals surface area contributed by atoms with Crippen LogP contribution in [0, 0.1) is 17.8 Å². The molecule has 3 aliphatic rings. The largest absolute Gasteiger partial charge is 0.354 e. The summed E-state index contributed by atoms with van der Waals surface area (Å²) >= 11 is 0. The number of rotatable bonds is 6. The highest BCUT2D eigenvalue weighted by Gasteiger charge is 2.29. The van der Waals surface area contributed by atoms with Gasteiger partial charge in [-0.3, -0.25) is 14.5 Å². The number of carbonyl (C=O) groups excluding carboxylic acids is 2. The van der Waals surface area contributed by atoms with Gasteiger partial charge in [-0.25, -0.2) is 0 Å². The van der Waals surface area contributed by atoms with Crippen LogP contribution in [0.3, 0.4) is 0 Å². The zero-order valence-corrected chi connectivity index (χ0v) is 18.4. The third-order valence-corrected chi connectivity index (χ3v) is 6.97. The van der Waals surface area contributed by atoms with Gasteiger partial charge in [0.05, 0.1) is 12.6 Å². The van der Waals surface area contributed by atoms with Gasteiger partial charge < -0.3 is 16.0 Å². The topological polar surface area (TPSA) is 73.5 Å². The van der Waals surface area contributed by atoms with E-state index in [-0.39, 0.29) is 30.3 Å². The Balaban J connectivity index is 0.00000280. The minimum absolute atomic E-state index is 0. The van der Waals surface area contributed by atoms with Crippen LogP contribution in [0.1, 0.15) is 58.8 Å². The summed E-state index contributed by atoms with van der Waals surface area (Å²) in [5, 5.41) is 9.65. The van der Waals surface area contributed by atoms with Crippen molar-refractivity contribution in [2.24, 2.45) is 17.8 Å².